The number of aryl methyl sites for hydroxylation is 1. The fourth-order valence-electron chi connectivity index (χ4n) is 4.66. The molecule has 0 aromatic carbocycles. The van der Waals surface area contributed by atoms with Crippen LogP contribution >= 0.6 is 0 Å². The largest absolute Gasteiger partial charge is 0.307 e. The molecule has 1 atom stereocenters. The number of aromatic nitrogens is 2. The maximum absolute atomic E-state index is 14.2. The lowest BCUT2D eigenvalue weighted by Gasteiger charge is -2.19. The first-order chi connectivity index (χ1) is 15.1. The Kier molecular flexibility index (Phi) is 5.52. The van der Waals surface area contributed by atoms with Crippen molar-refractivity contribution in [2.75, 3.05) is 0 Å². The van der Waals surface area contributed by atoms with E-state index < -0.39 is 11.5 Å². The molecule has 0 saturated heterocycles. The number of nitriles is 1. The smallest absolute Gasteiger partial charge is 0.285 e. The monoisotopic (exact) mass is 438 g/mol. The van der Waals surface area contributed by atoms with Crippen LogP contribution in [0.1, 0.15) is 81.0 Å². The van der Waals surface area contributed by atoms with Gasteiger partial charge in [0.05, 0.1) is 39.8 Å². The molecule has 0 radical (unpaired) electrons. The Labute approximate surface area is 186 Å². The predicted molar refractivity (Wildman–Crippen MR) is 120 cm³/mol. The number of aliphatic imine (C=N–C) groups is 1. The van der Waals surface area contributed by atoms with E-state index in [0.717, 1.165) is 48.3 Å². The zero-order valence-electron chi connectivity index (χ0n) is 19.0. The molecule has 0 spiro atoms. The van der Waals surface area contributed by atoms with Crippen LogP contribution in [0.25, 0.3) is 0 Å². The molecule has 2 aromatic heterocycles. The van der Waals surface area contributed by atoms with Crippen molar-refractivity contribution in [2.45, 2.75) is 78.2 Å². The van der Waals surface area contributed by atoms with Crippen LogP contribution in [-0.4, -0.2) is 15.3 Å². The minimum atomic E-state index is -3.14. The zero-order chi connectivity index (χ0) is 23.3. The molecule has 1 aliphatic heterocycles. The van der Waals surface area contributed by atoms with Gasteiger partial charge in [-0.1, -0.05) is 26.3 Å². The minimum Gasteiger partial charge on any atom is -0.307 e. The normalized spacial score (nSPS) is 18.8. The average Bonchev–Trinajstić information content (AvgIpc) is 3.43. The summed E-state index contributed by atoms with van der Waals surface area (Å²) < 4.78 is 29.6. The fraction of sp³-hybridized carbons (Fsp3) is 0.520. The molecule has 2 aromatic rings. The van der Waals surface area contributed by atoms with E-state index >= 15 is 0 Å². The van der Waals surface area contributed by atoms with Crippen molar-refractivity contribution < 1.29 is 8.78 Å². The summed E-state index contributed by atoms with van der Waals surface area (Å²) in [5.41, 5.74) is 3.19. The molecule has 7 heteroatoms. The average molecular weight is 439 g/mol. The van der Waals surface area contributed by atoms with E-state index in [4.69, 9.17) is 4.98 Å². The molecule has 0 bridgehead atoms. The summed E-state index contributed by atoms with van der Waals surface area (Å²) in [6.45, 7) is 6.63. The highest BCUT2D eigenvalue weighted by atomic mass is 19.3. The van der Waals surface area contributed by atoms with E-state index in [0.29, 0.717) is 29.1 Å². The number of halogens is 2. The van der Waals surface area contributed by atoms with Crippen LogP contribution in [-0.2, 0) is 25.3 Å². The van der Waals surface area contributed by atoms with Crippen molar-refractivity contribution in [2.24, 2.45) is 10.4 Å². The molecule has 168 valence electrons. The van der Waals surface area contributed by atoms with Crippen molar-refractivity contribution in [3.8, 4) is 6.07 Å². The van der Waals surface area contributed by atoms with E-state index in [1.807, 2.05) is 6.92 Å². The lowest BCUT2D eigenvalue weighted by atomic mass is 9.91. The van der Waals surface area contributed by atoms with Gasteiger partial charge in [-0.2, -0.15) is 5.26 Å². The SMILES string of the molecule is CCCc1cc(CC2(C#N)CC2)cnc1C1=Nc2cc(C(C)(F)F)n(CC)c(=O)c2C1C. The van der Waals surface area contributed by atoms with Crippen LogP contribution in [0.3, 0.4) is 0 Å². The third kappa shape index (κ3) is 3.76. The summed E-state index contributed by atoms with van der Waals surface area (Å²) in [5.74, 6) is -3.48. The van der Waals surface area contributed by atoms with Crippen molar-refractivity contribution >= 4 is 11.4 Å². The Bertz CT molecular complexity index is 1200. The van der Waals surface area contributed by atoms with E-state index in [1.54, 1.807) is 13.1 Å². The molecule has 1 unspecified atom stereocenters. The first kappa shape index (κ1) is 22.3. The summed E-state index contributed by atoms with van der Waals surface area (Å²) in [7, 11) is 0. The fourth-order valence-corrected chi connectivity index (χ4v) is 4.66. The van der Waals surface area contributed by atoms with Gasteiger partial charge < -0.3 is 4.57 Å². The second kappa shape index (κ2) is 7.91. The van der Waals surface area contributed by atoms with Gasteiger partial charge in [0.15, 0.2) is 0 Å². The van der Waals surface area contributed by atoms with Gasteiger partial charge in [0.1, 0.15) is 0 Å². The maximum Gasteiger partial charge on any atom is 0.285 e. The topological polar surface area (TPSA) is 71.0 Å². The van der Waals surface area contributed by atoms with Gasteiger partial charge in [-0.05, 0) is 49.8 Å². The van der Waals surface area contributed by atoms with Gasteiger partial charge in [-0.3, -0.25) is 9.78 Å². The highest BCUT2D eigenvalue weighted by Gasteiger charge is 2.43. The Morgan fingerprint density at radius 2 is 2.03 bits per heavy atom. The molecule has 4 rings (SSSR count). The van der Waals surface area contributed by atoms with Crippen molar-refractivity contribution in [3.63, 3.8) is 0 Å². The van der Waals surface area contributed by atoms with Crippen LogP contribution < -0.4 is 5.56 Å². The van der Waals surface area contributed by atoms with Gasteiger partial charge in [0, 0.05) is 25.6 Å². The van der Waals surface area contributed by atoms with Crippen LogP contribution in [0.4, 0.5) is 14.5 Å². The van der Waals surface area contributed by atoms with Gasteiger partial charge in [0.2, 0.25) is 0 Å². The highest BCUT2D eigenvalue weighted by molar-refractivity contribution is 6.09. The summed E-state index contributed by atoms with van der Waals surface area (Å²) in [4.78, 5) is 22.5. The van der Waals surface area contributed by atoms with E-state index in [2.05, 4.69) is 24.1 Å². The first-order valence-electron chi connectivity index (χ1n) is 11.3. The molecule has 1 saturated carbocycles. The third-order valence-corrected chi connectivity index (χ3v) is 6.58. The van der Waals surface area contributed by atoms with E-state index in [-0.39, 0.29) is 23.6 Å². The lowest BCUT2D eigenvalue weighted by Crippen LogP contribution is -2.31. The molecule has 2 aliphatic rings. The number of alkyl halides is 2. The Balaban J connectivity index is 1.78. The molecular weight excluding hydrogens is 410 g/mol. The van der Waals surface area contributed by atoms with Crippen LogP contribution in [0, 0.1) is 16.7 Å². The first-order valence-corrected chi connectivity index (χ1v) is 11.3. The van der Waals surface area contributed by atoms with Crippen molar-refractivity contribution in [1.82, 2.24) is 9.55 Å². The number of hydrogen-bond donors (Lipinski definition) is 0. The van der Waals surface area contributed by atoms with Gasteiger partial charge in [-0.25, -0.2) is 13.8 Å². The van der Waals surface area contributed by atoms with E-state index in [9.17, 15) is 18.8 Å². The molecule has 3 heterocycles. The standard InChI is InChI=1S/C25H28F2N4O/c1-5-7-17-10-16(12-25(14-28)8-9-25)13-29-22(17)21-15(3)20-18(30-21)11-19(24(4,26)27)31(6-2)23(20)32/h10-11,13,15H,5-9,12H2,1-4H3. The minimum absolute atomic E-state index is 0.168. The summed E-state index contributed by atoms with van der Waals surface area (Å²) in [6.07, 6.45) is 6.01. The Morgan fingerprint density at radius 1 is 1.31 bits per heavy atom. The number of pyridine rings is 2. The zero-order valence-corrected chi connectivity index (χ0v) is 19.0. The van der Waals surface area contributed by atoms with Crippen LogP contribution in [0.5, 0.6) is 0 Å². The molecule has 32 heavy (non-hydrogen) atoms. The van der Waals surface area contributed by atoms with Crippen LogP contribution in [0.15, 0.2) is 28.1 Å². The quantitative estimate of drug-likeness (QED) is 0.580. The Morgan fingerprint density at radius 3 is 2.59 bits per heavy atom. The lowest BCUT2D eigenvalue weighted by molar-refractivity contribution is 0.00803. The molecule has 1 aliphatic carbocycles. The molecular formula is C25H28F2N4O. The van der Waals surface area contributed by atoms with Gasteiger partial charge in [-0.15, -0.1) is 0 Å². The van der Waals surface area contributed by atoms with Crippen molar-refractivity contribution in [1.29, 1.82) is 5.26 Å². The number of nitrogens with zero attached hydrogens (tertiary/aromatic N) is 4. The summed E-state index contributed by atoms with van der Waals surface area (Å²) >= 11 is 0. The third-order valence-electron chi connectivity index (χ3n) is 6.58. The van der Waals surface area contributed by atoms with Crippen LogP contribution in [0.2, 0.25) is 0 Å². The number of fused-ring (bicyclic) bond motifs is 1. The van der Waals surface area contributed by atoms with Crippen molar-refractivity contribution in [3.05, 3.63) is 56.8 Å². The number of hydrogen-bond acceptors (Lipinski definition) is 4. The second-order valence-corrected chi connectivity index (χ2v) is 9.16. The Hall–Kier alpha value is -2.88. The highest BCUT2D eigenvalue weighted by Crippen LogP contribution is 2.47. The van der Waals surface area contributed by atoms with Gasteiger partial charge >= 0.3 is 0 Å². The molecule has 0 amide bonds. The number of rotatable bonds is 7. The van der Waals surface area contributed by atoms with E-state index in [1.165, 1.54) is 6.07 Å². The predicted octanol–water partition coefficient (Wildman–Crippen LogP) is 5.41. The summed E-state index contributed by atoms with van der Waals surface area (Å²) in [6, 6.07) is 5.87. The molecule has 0 N–H and O–H groups in total. The summed E-state index contributed by atoms with van der Waals surface area (Å²) in [5, 5.41) is 9.43. The maximum atomic E-state index is 14.2. The molecule has 1 fully saturated rings. The second-order valence-electron chi connectivity index (χ2n) is 9.16. The van der Waals surface area contributed by atoms with Gasteiger partial charge in [0.25, 0.3) is 11.5 Å². The molecule has 5 nitrogen and oxygen atoms in total.